The van der Waals surface area contributed by atoms with Crippen LogP contribution in [-0.4, -0.2) is 50.3 Å². The molecular weight excluding hydrogens is 493 g/mol. The van der Waals surface area contributed by atoms with E-state index in [2.05, 4.69) is 15.4 Å². The zero-order chi connectivity index (χ0) is 24.5. The van der Waals surface area contributed by atoms with Gasteiger partial charge in [-0.25, -0.2) is 0 Å². The number of hydrogen-bond acceptors (Lipinski definition) is 6. The Labute approximate surface area is 200 Å². The number of nitrogens with zero attached hydrogens (tertiary/aromatic N) is 3. The van der Waals surface area contributed by atoms with Crippen molar-refractivity contribution in [3.05, 3.63) is 69.2 Å². The van der Waals surface area contributed by atoms with Crippen LogP contribution in [0.3, 0.4) is 0 Å². The summed E-state index contributed by atoms with van der Waals surface area (Å²) in [6.07, 6.45) is -1.35. The van der Waals surface area contributed by atoms with Crippen LogP contribution in [0.4, 0.5) is 13.2 Å². The summed E-state index contributed by atoms with van der Waals surface area (Å²) in [5.41, 5.74) is 0.554. The number of alkyl halides is 3. The Kier molecular flexibility index (Phi) is 6.99. The lowest BCUT2D eigenvalue weighted by atomic mass is 10.1. The van der Waals surface area contributed by atoms with Crippen molar-refractivity contribution in [1.82, 2.24) is 15.1 Å². The van der Waals surface area contributed by atoms with Crippen molar-refractivity contribution in [1.29, 1.82) is 0 Å². The van der Waals surface area contributed by atoms with Crippen LogP contribution >= 0.6 is 23.4 Å². The molecule has 4 rings (SSSR count). The number of benzene rings is 2. The van der Waals surface area contributed by atoms with E-state index in [1.165, 1.54) is 16.8 Å². The Hall–Kier alpha value is -2.86. The molecule has 0 saturated carbocycles. The Morgan fingerprint density at radius 2 is 1.97 bits per heavy atom. The molecule has 1 fully saturated rings. The molecule has 1 amide bonds. The van der Waals surface area contributed by atoms with Gasteiger partial charge >= 0.3 is 6.18 Å². The summed E-state index contributed by atoms with van der Waals surface area (Å²) in [6.45, 7) is -0.794. The molecule has 0 aliphatic carbocycles. The minimum atomic E-state index is -4.54. The van der Waals surface area contributed by atoms with Gasteiger partial charge in [-0.1, -0.05) is 23.7 Å². The van der Waals surface area contributed by atoms with E-state index in [1.54, 1.807) is 30.5 Å². The predicted octanol–water partition coefficient (Wildman–Crippen LogP) is 3.67. The molecule has 34 heavy (non-hydrogen) atoms. The maximum absolute atomic E-state index is 13.4. The highest BCUT2D eigenvalue weighted by Crippen LogP contribution is 2.34. The highest BCUT2D eigenvalue weighted by molar-refractivity contribution is 8.18. The normalized spacial score (nSPS) is 16.9. The largest absolute Gasteiger partial charge is 0.416 e. The number of thioether (sulfide) groups is 1. The first kappa shape index (κ1) is 24.3. The molecule has 2 heterocycles. The number of halogens is 4. The molecule has 0 radical (unpaired) electrons. The molecule has 1 aliphatic rings. The summed E-state index contributed by atoms with van der Waals surface area (Å²) in [6, 6.07) is 8.15. The van der Waals surface area contributed by atoms with Crippen LogP contribution in [0.15, 0.2) is 52.5 Å². The molecule has 7 nitrogen and oxygen atoms in total. The number of aliphatic imine (C=N–C) groups is 1. The van der Waals surface area contributed by atoms with Crippen molar-refractivity contribution in [2.45, 2.75) is 18.8 Å². The Balaban J connectivity index is 1.59. The fraction of sp³-hybridized carbons (Fsp3) is 0.227. The molecule has 178 valence electrons. The van der Waals surface area contributed by atoms with Crippen molar-refractivity contribution < 1.29 is 28.2 Å². The highest BCUT2D eigenvalue weighted by atomic mass is 35.5. The number of aromatic nitrogens is 2. The number of hydrogen-bond donors (Lipinski definition) is 3. The fourth-order valence-corrected chi connectivity index (χ4v) is 4.44. The minimum Gasteiger partial charge on any atom is -0.394 e. The SMILES string of the molecule is O=C1NC(=NC(CO)CO)S/C1=C\c1ccc2c(cnn2Cc2ccc(Cl)cc2C(F)(F)F)c1. The third kappa shape index (κ3) is 5.27. The lowest BCUT2D eigenvalue weighted by molar-refractivity contribution is -0.138. The van der Waals surface area contributed by atoms with Gasteiger partial charge in [-0.3, -0.25) is 14.5 Å². The van der Waals surface area contributed by atoms with Crippen molar-refractivity contribution in [2.24, 2.45) is 4.99 Å². The average molecular weight is 511 g/mol. The first-order valence-corrected chi connectivity index (χ1v) is 11.2. The number of amidine groups is 1. The topological polar surface area (TPSA) is 99.7 Å². The van der Waals surface area contributed by atoms with Gasteiger partial charge in [0.1, 0.15) is 0 Å². The molecule has 0 atom stereocenters. The zero-order valence-corrected chi connectivity index (χ0v) is 19.0. The van der Waals surface area contributed by atoms with Gasteiger partial charge < -0.3 is 15.5 Å². The second kappa shape index (κ2) is 9.79. The molecular formula is C22H18ClF3N4O3S. The van der Waals surface area contributed by atoms with Crippen LogP contribution in [0.2, 0.25) is 5.02 Å². The summed E-state index contributed by atoms with van der Waals surface area (Å²) in [5, 5.41) is 26.1. The van der Waals surface area contributed by atoms with Gasteiger partial charge in [-0.15, -0.1) is 0 Å². The van der Waals surface area contributed by atoms with Crippen molar-refractivity contribution in [3.63, 3.8) is 0 Å². The van der Waals surface area contributed by atoms with Crippen molar-refractivity contribution >= 4 is 51.4 Å². The second-order valence-corrected chi connectivity index (χ2v) is 8.90. The highest BCUT2D eigenvalue weighted by Gasteiger charge is 2.33. The van der Waals surface area contributed by atoms with Gasteiger partial charge in [0, 0.05) is 10.4 Å². The number of fused-ring (bicyclic) bond motifs is 1. The molecule has 1 aromatic heterocycles. The molecule has 0 spiro atoms. The van der Waals surface area contributed by atoms with Gasteiger partial charge in [0.2, 0.25) is 0 Å². The first-order valence-electron chi connectivity index (χ1n) is 9.99. The quantitative estimate of drug-likeness (QED) is 0.439. The fourth-order valence-electron chi connectivity index (χ4n) is 3.38. The predicted molar refractivity (Wildman–Crippen MR) is 124 cm³/mol. The second-order valence-electron chi connectivity index (χ2n) is 7.44. The summed E-state index contributed by atoms with van der Waals surface area (Å²) < 4.78 is 41.7. The lowest BCUT2D eigenvalue weighted by Crippen LogP contribution is -2.24. The Bertz CT molecular complexity index is 1300. The van der Waals surface area contributed by atoms with Crippen LogP contribution in [0.5, 0.6) is 0 Å². The number of amides is 1. The van der Waals surface area contributed by atoms with Crippen molar-refractivity contribution in [3.8, 4) is 0 Å². The summed E-state index contributed by atoms with van der Waals surface area (Å²) in [4.78, 5) is 16.7. The lowest BCUT2D eigenvalue weighted by Gasteiger charge is -2.14. The van der Waals surface area contributed by atoms with Gasteiger partial charge in [0.05, 0.1) is 48.0 Å². The van der Waals surface area contributed by atoms with E-state index in [9.17, 15) is 18.0 Å². The Morgan fingerprint density at radius 1 is 1.21 bits per heavy atom. The standard InChI is InChI=1S/C22H18ClF3N4O3S/c23-15-3-2-13(17(7-15)22(24,25)26)9-30-18-4-1-12(5-14(18)8-27-30)6-19-20(33)29-21(34-19)28-16(10-31)11-32/h1-8,16,31-32H,9-11H2,(H,28,29,33)/b19-6-. The molecule has 0 unspecified atom stereocenters. The maximum atomic E-state index is 13.4. The molecule has 0 bridgehead atoms. The van der Waals surface area contributed by atoms with Crippen LogP contribution in [0, 0.1) is 0 Å². The zero-order valence-electron chi connectivity index (χ0n) is 17.4. The number of rotatable bonds is 6. The number of carbonyl (C=O) groups excluding carboxylic acids is 1. The number of aliphatic hydroxyl groups is 2. The molecule has 1 saturated heterocycles. The van der Waals surface area contributed by atoms with Gasteiger partial charge in [-0.05, 0) is 53.2 Å². The van der Waals surface area contributed by atoms with Crippen LogP contribution in [-0.2, 0) is 17.5 Å². The molecule has 1 aliphatic heterocycles. The third-order valence-corrected chi connectivity index (χ3v) is 6.19. The van der Waals surface area contributed by atoms with E-state index in [0.717, 1.165) is 17.8 Å². The summed E-state index contributed by atoms with van der Waals surface area (Å²) >= 11 is 6.84. The van der Waals surface area contributed by atoms with E-state index >= 15 is 0 Å². The first-order chi connectivity index (χ1) is 16.2. The van der Waals surface area contributed by atoms with E-state index in [1.807, 2.05) is 0 Å². The summed E-state index contributed by atoms with van der Waals surface area (Å²) in [7, 11) is 0. The number of nitrogens with one attached hydrogen (secondary N) is 1. The summed E-state index contributed by atoms with van der Waals surface area (Å²) in [5.74, 6) is -0.364. The van der Waals surface area contributed by atoms with E-state index in [4.69, 9.17) is 21.8 Å². The number of carbonyl (C=O) groups is 1. The van der Waals surface area contributed by atoms with E-state index in [-0.39, 0.29) is 41.4 Å². The smallest absolute Gasteiger partial charge is 0.394 e. The molecule has 12 heteroatoms. The van der Waals surface area contributed by atoms with E-state index in [0.29, 0.717) is 21.4 Å². The molecule has 2 aromatic carbocycles. The maximum Gasteiger partial charge on any atom is 0.416 e. The number of aliphatic hydroxyl groups excluding tert-OH is 2. The van der Waals surface area contributed by atoms with Crippen LogP contribution in [0.25, 0.3) is 17.0 Å². The van der Waals surface area contributed by atoms with E-state index < -0.39 is 17.8 Å². The van der Waals surface area contributed by atoms with Crippen molar-refractivity contribution in [2.75, 3.05) is 13.2 Å². The molecule has 3 N–H and O–H groups in total. The van der Waals surface area contributed by atoms with Gasteiger partial charge in [0.25, 0.3) is 5.91 Å². The van der Waals surface area contributed by atoms with Gasteiger partial charge in [0.15, 0.2) is 5.17 Å². The minimum absolute atomic E-state index is 0.00402. The Morgan fingerprint density at radius 3 is 2.68 bits per heavy atom. The average Bonchev–Trinajstić information content (AvgIpc) is 3.35. The molecule has 3 aromatic rings. The van der Waals surface area contributed by atoms with Crippen LogP contribution in [0.1, 0.15) is 16.7 Å². The monoisotopic (exact) mass is 510 g/mol. The van der Waals surface area contributed by atoms with Crippen LogP contribution < -0.4 is 5.32 Å². The third-order valence-electron chi connectivity index (χ3n) is 5.03. The van der Waals surface area contributed by atoms with Gasteiger partial charge in [-0.2, -0.15) is 18.3 Å².